The fraction of sp³-hybridized carbons (Fsp3) is 0.267. The number of hydrogen-bond acceptors (Lipinski definition) is 2. The number of hydrogen-bond donors (Lipinski definition) is 0. The molecule has 2 aromatic rings. The molecular formula is C15H14ClNO2. The second-order valence-electron chi connectivity index (χ2n) is 4.68. The molecule has 0 N–H and O–H groups in total. The third-order valence-electron chi connectivity index (χ3n) is 3.55. The topological polar surface area (TPSA) is 33.5 Å². The Kier molecular flexibility index (Phi) is 3.30. The predicted octanol–water partition coefficient (Wildman–Crippen LogP) is 3.91. The van der Waals surface area contributed by atoms with Crippen LogP contribution in [0.25, 0.3) is 0 Å². The second kappa shape index (κ2) is 5.10. The van der Waals surface area contributed by atoms with E-state index in [1.807, 2.05) is 23.1 Å². The zero-order valence-corrected chi connectivity index (χ0v) is 11.1. The molecule has 0 aliphatic carbocycles. The largest absolute Gasteiger partial charge is 0.452 e. The lowest BCUT2D eigenvalue weighted by Crippen LogP contribution is -2.30. The van der Waals surface area contributed by atoms with Crippen molar-refractivity contribution in [3.05, 3.63) is 59.0 Å². The van der Waals surface area contributed by atoms with Crippen LogP contribution in [0.5, 0.6) is 0 Å². The molecule has 0 bridgehead atoms. The van der Waals surface area contributed by atoms with Gasteiger partial charge in [-0.15, -0.1) is 0 Å². The van der Waals surface area contributed by atoms with Crippen LogP contribution in [-0.2, 0) is 0 Å². The van der Waals surface area contributed by atoms with Crippen LogP contribution in [0.2, 0.25) is 5.22 Å². The van der Waals surface area contributed by atoms with E-state index < -0.39 is 0 Å². The van der Waals surface area contributed by atoms with Crippen LogP contribution in [0.3, 0.4) is 0 Å². The number of benzene rings is 1. The molecule has 3 nitrogen and oxygen atoms in total. The van der Waals surface area contributed by atoms with Gasteiger partial charge in [-0.3, -0.25) is 4.79 Å². The fourth-order valence-electron chi connectivity index (χ4n) is 2.63. The molecule has 1 aliphatic rings. The van der Waals surface area contributed by atoms with Gasteiger partial charge in [-0.05, 0) is 36.1 Å². The van der Waals surface area contributed by atoms with Gasteiger partial charge in [0, 0.05) is 6.54 Å². The average Bonchev–Trinajstić information content (AvgIpc) is 3.07. The minimum absolute atomic E-state index is 0.0508. The van der Waals surface area contributed by atoms with Crippen LogP contribution in [0.4, 0.5) is 0 Å². The van der Waals surface area contributed by atoms with Crippen molar-refractivity contribution in [2.75, 3.05) is 6.54 Å². The Hall–Kier alpha value is -1.74. The van der Waals surface area contributed by atoms with E-state index in [9.17, 15) is 4.79 Å². The summed E-state index contributed by atoms with van der Waals surface area (Å²) in [6.07, 6.45) is 3.45. The number of likely N-dealkylation sites (tertiary alicyclic amines) is 1. The van der Waals surface area contributed by atoms with Crippen molar-refractivity contribution in [1.82, 2.24) is 4.90 Å². The summed E-state index contributed by atoms with van der Waals surface area (Å²) in [6.45, 7) is 0.764. The quantitative estimate of drug-likeness (QED) is 0.832. The van der Waals surface area contributed by atoms with Gasteiger partial charge in [-0.2, -0.15) is 0 Å². The number of rotatable bonds is 2. The molecule has 2 heterocycles. The maximum absolute atomic E-state index is 12.5. The molecular weight excluding hydrogens is 262 g/mol. The molecule has 1 aromatic heterocycles. The van der Waals surface area contributed by atoms with Gasteiger partial charge >= 0.3 is 0 Å². The maximum Gasteiger partial charge on any atom is 0.259 e. The van der Waals surface area contributed by atoms with E-state index in [1.54, 1.807) is 6.07 Å². The first kappa shape index (κ1) is 12.3. The van der Waals surface area contributed by atoms with Crippen molar-refractivity contribution in [3.8, 4) is 0 Å². The summed E-state index contributed by atoms with van der Waals surface area (Å²) in [5, 5.41) is 0.170. The Labute approximate surface area is 116 Å². The van der Waals surface area contributed by atoms with Crippen molar-refractivity contribution in [2.24, 2.45) is 0 Å². The first-order valence-electron chi connectivity index (χ1n) is 6.36. The van der Waals surface area contributed by atoms with Crippen molar-refractivity contribution in [1.29, 1.82) is 0 Å². The van der Waals surface area contributed by atoms with Crippen LogP contribution in [-0.4, -0.2) is 17.4 Å². The smallest absolute Gasteiger partial charge is 0.259 e. The van der Waals surface area contributed by atoms with Crippen molar-refractivity contribution < 1.29 is 9.21 Å². The van der Waals surface area contributed by atoms with E-state index in [4.69, 9.17) is 16.0 Å². The third-order valence-corrected chi connectivity index (χ3v) is 3.84. The monoisotopic (exact) mass is 275 g/mol. The van der Waals surface area contributed by atoms with Crippen molar-refractivity contribution >= 4 is 17.5 Å². The van der Waals surface area contributed by atoms with Crippen molar-refractivity contribution in [2.45, 2.75) is 18.9 Å². The summed E-state index contributed by atoms with van der Waals surface area (Å²) in [4.78, 5) is 14.4. The van der Waals surface area contributed by atoms with Crippen molar-refractivity contribution in [3.63, 3.8) is 0 Å². The van der Waals surface area contributed by atoms with Crippen LogP contribution in [0.1, 0.15) is 34.8 Å². The van der Waals surface area contributed by atoms with Gasteiger partial charge in [0.2, 0.25) is 5.22 Å². The summed E-state index contributed by atoms with van der Waals surface area (Å²) in [5.74, 6) is -0.0508. The third kappa shape index (κ3) is 2.26. The van der Waals surface area contributed by atoms with Crippen LogP contribution >= 0.6 is 11.6 Å². The zero-order valence-electron chi connectivity index (χ0n) is 10.4. The van der Waals surface area contributed by atoms with Gasteiger partial charge < -0.3 is 9.32 Å². The minimum atomic E-state index is -0.0508. The van der Waals surface area contributed by atoms with E-state index in [2.05, 4.69) is 12.1 Å². The molecule has 98 valence electrons. The van der Waals surface area contributed by atoms with Gasteiger partial charge in [-0.25, -0.2) is 0 Å². The van der Waals surface area contributed by atoms with E-state index in [0.29, 0.717) is 5.56 Å². The Bertz CT molecular complexity index is 579. The lowest BCUT2D eigenvalue weighted by molar-refractivity contribution is 0.0735. The summed E-state index contributed by atoms with van der Waals surface area (Å²) >= 11 is 5.89. The normalized spacial score (nSPS) is 18.8. The Morgan fingerprint density at radius 2 is 2.05 bits per heavy atom. The number of carbonyl (C=O) groups excluding carboxylic acids is 1. The second-order valence-corrected chi connectivity index (χ2v) is 5.02. The number of furan rings is 1. The number of amides is 1. The average molecular weight is 276 g/mol. The molecule has 3 rings (SSSR count). The SMILES string of the molecule is O=C(c1ccoc1Cl)N1CCCC1c1ccccc1. The van der Waals surface area contributed by atoms with Crippen LogP contribution in [0.15, 0.2) is 47.1 Å². The van der Waals surface area contributed by atoms with Crippen LogP contribution in [0, 0.1) is 0 Å². The van der Waals surface area contributed by atoms with Gasteiger partial charge in [0.05, 0.1) is 17.9 Å². The predicted molar refractivity (Wildman–Crippen MR) is 73.2 cm³/mol. The molecule has 1 aromatic carbocycles. The van der Waals surface area contributed by atoms with E-state index in [0.717, 1.165) is 19.4 Å². The van der Waals surface area contributed by atoms with E-state index in [1.165, 1.54) is 11.8 Å². The lowest BCUT2D eigenvalue weighted by atomic mass is 10.0. The summed E-state index contributed by atoms with van der Waals surface area (Å²) in [5.41, 5.74) is 1.62. The molecule has 1 amide bonds. The lowest BCUT2D eigenvalue weighted by Gasteiger charge is -2.24. The highest BCUT2D eigenvalue weighted by atomic mass is 35.5. The molecule has 1 saturated heterocycles. The molecule has 0 spiro atoms. The summed E-state index contributed by atoms with van der Waals surface area (Å²) in [6, 6.07) is 11.9. The molecule has 1 unspecified atom stereocenters. The van der Waals surface area contributed by atoms with Gasteiger partial charge in [0.1, 0.15) is 0 Å². The first-order valence-corrected chi connectivity index (χ1v) is 6.74. The molecule has 19 heavy (non-hydrogen) atoms. The summed E-state index contributed by atoms with van der Waals surface area (Å²) in [7, 11) is 0. The molecule has 1 atom stereocenters. The Morgan fingerprint density at radius 3 is 2.74 bits per heavy atom. The Balaban J connectivity index is 1.88. The zero-order chi connectivity index (χ0) is 13.2. The number of halogens is 1. The highest BCUT2D eigenvalue weighted by molar-refractivity contribution is 6.32. The van der Waals surface area contributed by atoms with Crippen LogP contribution < -0.4 is 0 Å². The molecule has 0 radical (unpaired) electrons. The van der Waals surface area contributed by atoms with Gasteiger partial charge in [0.25, 0.3) is 5.91 Å². The van der Waals surface area contributed by atoms with E-state index >= 15 is 0 Å². The Morgan fingerprint density at radius 1 is 1.26 bits per heavy atom. The summed E-state index contributed by atoms with van der Waals surface area (Å²) < 4.78 is 5.00. The first-order chi connectivity index (χ1) is 9.27. The number of carbonyl (C=O) groups is 1. The standard InChI is InChI=1S/C15H14ClNO2/c16-14-12(8-10-19-14)15(18)17-9-4-7-13(17)11-5-2-1-3-6-11/h1-3,5-6,8,10,13H,4,7,9H2. The fourth-order valence-corrected chi connectivity index (χ4v) is 2.83. The molecule has 0 saturated carbocycles. The highest BCUT2D eigenvalue weighted by Gasteiger charge is 2.31. The number of nitrogens with zero attached hydrogens (tertiary/aromatic N) is 1. The molecule has 4 heteroatoms. The van der Waals surface area contributed by atoms with E-state index in [-0.39, 0.29) is 17.2 Å². The highest BCUT2D eigenvalue weighted by Crippen LogP contribution is 2.34. The molecule has 1 aliphatic heterocycles. The molecule has 1 fully saturated rings. The van der Waals surface area contributed by atoms with Gasteiger partial charge in [0.15, 0.2) is 0 Å². The van der Waals surface area contributed by atoms with Gasteiger partial charge in [-0.1, -0.05) is 30.3 Å². The minimum Gasteiger partial charge on any atom is -0.452 e. The maximum atomic E-state index is 12.5.